The van der Waals surface area contributed by atoms with E-state index >= 15 is 0 Å². The first kappa shape index (κ1) is 17.8. The van der Waals surface area contributed by atoms with Crippen molar-refractivity contribution in [1.82, 2.24) is 20.0 Å². The highest BCUT2D eigenvalue weighted by molar-refractivity contribution is 7.99. The summed E-state index contributed by atoms with van der Waals surface area (Å²) in [6.45, 7) is 5.57. The summed E-state index contributed by atoms with van der Waals surface area (Å²) in [6, 6.07) is 7.76. The standard InChI is InChI=1S/C17H22N4O3S/c1-13-5-3-4-6-14(13)23-11-15-18-19-17(24-15)25-12-16(22)21-9-7-20(2)8-10-21/h3-6H,7-12H2,1-2H3. The van der Waals surface area contributed by atoms with Crippen molar-refractivity contribution in [3.05, 3.63) is 35.7 Å². The van der Waals surface area contributed by atoms with E-state index in [1.165, 1.54) is 11.8 Å². The van der Waals surface area contributed by atoms with Gasteiger partial charge in [-0.2, -0.15) is 0 Å². The third kappa shape index (κ3) is 4.96. The molecule has 0 aliphatic carbocycles. The van der Waals surface area contributed by atoms with Crippen molar-refractivity contribution in [2.45, 2.75) is 18.8 Å². The maximum Gasteiger partial charge on any atom is 0.277 e. The first-order valence-corrected chi connectivity index (χ1v) is 9.20. The van der Waals surface area contributed by atoms with Crippen LogP contribution in [-0.2, 0) is 11.4 Å². The number of rotatable bonds is 6. The molecule has 0 unspecified atom stereocenters. The Labute approximate surface area is 151 Å². The number of likely N-dealkylation sites (N-methyl/N-ethyl adjacent to an activating group) is 1. The predicted molar refractivity (Wildman–Crippen MR) is 94.6 cm³/mol. The van der Waals surface area contributed by atoms with Gasteiger partial charge in [-0.1, -0.05) is 30.0 Å². The van der Waals surface area contributed by atoms with Crippen molar-refractivity contribution in [3.63, 3.8) is 0 Å². The number of piperazine rings is 1. The summed E-state index contributed by atoms with van der Waals surface area (Å²) in [5.41, 5.74) is 1.05. The molecule has 3 rings (SSSR count). The average Bonchev–Trinajstić information content (AvgIpc) is 3.07. The molecule has 0 radical (unpaired) electrons. The summed E-state index contributed by atoms with van der Waals surface area (Å²) in [6.07, 6.45) is 0. The molecule has 2 aromatic rings. The van der Waals surface area contributed by atoms with Gasteiger partial charge in [0, 0.05) is 26.2 Å². The van der Waals surface area contributed by atoms with Crippen LogP contribution in [0.4, 0.5) is 0 Å². The number of thioether (sulfide) groups is 1. The van der Waals surface area contributed by atoms with Crippen LogP contribution in [0.25, 0.3) is 0 Å². The van der Waals surface area contributed by atoms with E-state index in [1.54, 1.807) is 0 Å². The lowest BCUT2D eigenvalue weighted by Gasteiger charge is -2.32. The Hall–Kier alpha value is -2.06. The van der Waals surface area contributed by atoms with Crippen LogP contribution in [0.3, 0.4) is 0 Å². The number of aromatic nitrogens is 2. The minimum absolute atomic E-state index is 0.106. The van der Waals surface area contributed by atoms with Crippen LogP contribution in [0.2, 0.25) is 0 Å². The van der Waals surface area contributed by atoms with Crippen molar-refractivity contribution in [1.29, 1.82) is 0 Å². The lowest BCUT2D eigenvalue weighted by Crippen LogP contribution is -2.47. The molecule has 134 valence electrons. The molecule has 1 aromatic carbocycles. The number of carbonyl (C=O) groups is 1. The zero-order valence-electron chi connectivity index (χ0n) is 14.5. The van der Waals surface area contributed by atoms with Gasteiger partial charge < -0.3 is 19.0 Å². The third-order valence-corrected chi connectivity index (χ3v) is 4.87. The monoisotopic (exact) mass is 362 g/mol. The topological polar surface area (TPSA) is 71.7 Å². The van der Waals surface area contributed by atoms with E-state index in [9.17, 15) is 4.79 Å². The molecule has 7 nitrogen and oxygen atoms in total. The molecule has 1 amide bonds. The van der Waals surface area contributed by atoms with Crippen molar-refractivity contribution >= 4 is 17.7 Å². The lowest BCUT2D eigenvalue weighted by molar-refractivity contribution is -0.129. The first-order chi connectivity index (χ1) is 12.1. The maximum absolute atomic E-state index is 12.2. The molecule has 1 saturated heterocycles. The summed E-state index contributed by atoms with van der Waals surface area (Å²) in [4.78, 5) is 16.3. The summed E-state index contributed by atoms with van der Waals surface area (Å²) >= 11 is 1.27. The molecule has 1 aliphatic rings. The predicted octanol–water partition coefficient (Wildman–Crippen LogP) is 1.82. The first-order valence-electron chi connectivity index (χ1n) is 8.22. The number of benzene rings is 1. The third-order valence-electron chi connectivity index (χ3n) is 4.07. The van der Waals surface area contributed by atoms with Gasteiger partial charge in [0.15, 0.2) is 6.61 Å². The fourth-order valence-corrected chi connectivity index (χ4v) is 3.17. The molecular formula is C17H22N4O3S. The Morgan fingerprint density at radius 3 is 2.76 bits per heavy atom. The minimum atomic E-state index is 0.106. The van der Waals surface area contributed by atoms with Crippen molar-refractivity contribution < 1.29 is 13.9 Å². The SMILES string of the molecule is Cc1ccccc1OCc1nnc(SCC(=O)N2CCN(C)CC2)o1. The number of nitrogens with zero attached hydrogens (tertiary/aromatic N) is 4. The van der Waals surface area contributed by atoms with Crippen molar-refractivity contribution in [2.24, 2.45) is 0 Å². The van der Waals surface area contributed by atoms with Crippen LogP contribution in [0, 0.1) is 6.92 Å². The van der Waals surface area contributed by atoms with Gasteiger partial charge in [-0.25, -0.2) is 0 Å². The van der Waals surface area contributed by atoms with E-state index in [-0.39, 0.29) is 12.5 Å². The quantitative estimate of drug-likeness (QED) is 0.726. The average molecular weight is 362 g/mol. The Balaban J connectivity index is 1.45. The summed E-state index contributed by atoms with van der Waals surface area (Å²) in [5, 5.41) is 8.33. The largest absolute Gasteiger partial charge is 0.484 e. The normalized spacial score (nSPS) is 15.4. The Kier molecular flexibility index (Phi) is 5.93. The zero-order chi connectivity index (χ0) is 17.6. The van der Waals surface area contributed by atoms with E-state index in [1.807, 2.05) is 36.1 Å². The van der Waals surface area contributed by atoms with E-state index in [2.05, 4.69) is 22.1 Å². The molecule has 0 N–H and O–H groups in total. The van der Waals surface area contributed by atoms with E-state index in [4.69, 9.17) is 9.15 Å². The summed E-state index contributed by atoms with van der Waals surface area (Å²) < 4.78 is 11.2. The second kappa shape index (κ2) is 8.35. The Morgan fingerprint density at radius 2 is 2.00 bits per heavy atom. The number of carbonyl (C=O) groups excluding carboxylic acids is 1. The molecule has 0 atom stereocenters. The fourth-order valence-electron chi connectivity index (χ4n) is 2.48. The molecule has 1 fully saturated rings. The van der Waals surface area contributed by atoms with Crippen LogP contribution >= 0.6 is 11.8 Å². The van der Waals surface area contributed by atoms with Gasteiger partial charge in [-0.3, -0.25) is 4.79 Å². The Morgan fingerprint density at radius 1 is 1.24 bits per heavy atom. The zero-order valence-corrected chi connectivity index (χ0v) is 15.3. The molecule has 1 aromatic heterocycles. The Bertz CT molecular complexity index is 713. The molecule has 25 heavy (non-hydrogen) atoms. The van der Waals surface area contributed by atoms with Crippen molar-refractivity contribution in [2.75, 3.05) is 39.0 Å². The molecule has 0 spiro atoms. The fraction of sp³-hybridized carbons (Fsp3) is 0.471. The number of ether oxygens (including phenoxy) is 1. The number of amides is 1. The highest BCUT2D eigenvalue weighted by Crippen LogP contribution is 2.20. The van der Waals surface area contributed by atoms with Gasteiger partial charge in [0.2, 0.25) is 5.91 Å². The van der Waals surface area contributed by atoms with Crippen LogP contribution in [-0.4, -0.2) is 64.9 Å². The molecule has 0 bridgehead atoms. The number of para-hydroxylation sites is 1. The minimum Gasteiger partial charge on any atom is -0.484 e. The van der Waals surface area contributed by atoms with Gasteiger partial charge in [0.1, 0.15) is 5.75 Å². The maximum atomic E-state index is 12.2. The van der Waals surface area contributed by atoms with Crippen molar-refractivity contribution in [3.8, 4) is 5.75 Å². The second-order valence-electron chi connectivity index (χ2n) is 5.99. The van der Waals surface area contributed by atoms with Crippen LogP contribution in [0.5, 0.6) is 5.75 Å². The molecule has 1 aliphatic heterocycles. The van der Waals surface area contributed by atoms with E-state index in [0.717, 1.165) is 37.5 Å². The lowest BCUT2D eigenvalue weighted by atomic mass is 10.2. The highest BCUT2D eigenvalue weighted by Gasteiger charge is 2.20. The summed E-state index contributed by atoms with van der Waals surface area (Å²) in [7, 11) is 2.07. The molecule has 2 heterocycles. The number of aryl methyl sites for hydroxylation is 1. The van der Waals surface area contributed by atoms with Gasteiger partial charge in [0.25, 0.3) is 11.1 Å². The highest BCUT2D eigenvalue weighted by atomic mass is 32.2. The second-order valence-corrected chi connectivity index (χ2v) is 6.92. The van der Waals surface area contributed by atoms with Crippen LogP contribution < -0.4 is 4.74 Å². The molecule has 0 saturated carbocycles. The van der Waals surface area contributed by atoms with E-state index in [0.29, 0.717) is 16.9 Å². The molecule has 8 heteroatoms. The number of hydrogen-bond acceptors (Lipinski definition) is 7. The molecular weight excluding hydrogens is 340 g/mol. The smallest absolute Gasteiger partial charge is 0.277 e. The van der Waals surface area contributed by atoms with Gasteiger partial charge >= 0.3 is 0 Å². The van der Waals surface area contributed by atoms with E-state index < -0.39 is 0 Å². The van der Waals surface area contributed by atoms with Crippen LogP contribution in [0.15, 0.2) is 33.9 Å². The van der Waals surface area contributed by atoms with Crippen LogP contribution in [0.1, 0.15) is 11.5 Å². The van der Waals surface area contributed by atoms with Gasteiger partial charge in [-0.15, -0.1) is 10.2 Å². The number of hydrogen-bond donors (Lipinski definition) is 0. The van der Waals surface area contributed by atoms with Gasteiger partial charge in [0.05, 0.1) is 5.75 Å². The van der Waals surface area contributed by atoms with Gasteiger partial charge in [-0.05, 0) is 25.6 Å². The summed E-state index contributed by atoms with van der Waals surface area (Å²) in [5.74, 6) is 1.61.